The number of benzene rings is 2. The van der Waals surface area contributed by atoms with E-state index in [0.29, 0.717) is 41.2 Å². The van der Waals surface area contributed by atoms with Crippen LogP contribution in [0.25, 0.3) is 0 Å². The summed E-state index contributed by atoms with van der Waals surface area (Å²) >= 11 is 4.23. The van der Waals surface area contributed by atoms with Gasteiger partial charge in [-0.05, 0) is 527 Å². The molecular formula is C116H232Cl6Fe3N2P8Pd4+8. The fourth-order valence-corrected chi connectivity index (χ4v) is 68.3. The summed E-state index contributed by atoms with van der Waals surface area (Å²) in [5.74, 6) is 0. The molecule has 2 aromatic rings. The van der Waals surface area contributed by atoms with Crippen molar-refractivity contribution in [1.29, 1.82) is 0 Å². The first-order valence-corrected chi connectivity index (χ1v) is 80.0. The zero-order valence-electron chi connectivity index (χ0n) is 97.3. The average Bonchev–Trinajstić information content (AvgIpc) is 1.79. The smallest absolute Gasteiger partial charge is 0 e. The summed E-state index contributed by atoms with van der Waals surface area (Å²) in [6, 6.07) is 18.3. The number of anilines is 2. The van der Waals surface area contributed by atoms with E-state index in [0.717, 1.165) is 45.3 Å². The van der Waals surface area contributed by atoms with Crippen molar-refractivity contribution in [3.63, 3.8) is 0 Å². The maximum Gasteiger partial charge on any atom is 0 e. The van der Waals surface area contributed by atoms with Crippen molar-refractivity contribution in [2.75, 3.05) is 38.0 Å². The molecule has 0 aromatic heterocycles. The van der Waals surface area contributed by atoms with Crippen molar-refractivity contribution in [3.8, 4) is 0 Å². The van der Waals surface area contributed by atoms with Crippen LogP contribution in [0.15, 0.2) is 48.5 Å². The van der Waals surface area contributed by atoms with E-state index in [2.05, 4.69) is 364 Å². The fourth-order valence-electron chi connectivity index (χ4n) is 29.0. The van der Waals surface area contributed by atoms with Gasteiger partial charge in [0.05, 0.1) is 131 Å². The van der Waals surface area contributed by atoms with E-state index in [-0.39, 0.29) is 145 Å². The number of hydrogen-bond donors (Lipinski definition) is 0. The molecule has 844 valence electrons. The minimum atomic E-state index is -0.614. The third-order valence-corrected chi connectivity index (χ3v) is 66.0. The molecule has 0 spiro atoms. The van der Waals surface area contributed by atoms with E-state index in [1.54, 1.807) is 216 Å². The molecular weight excluding hydrogens is 2480 g/mol. The predicted molar refractivity (Wildman–Crippen MR) is 655 cm³/mol. The van der Waals surface area contributed by atoms with Crippen molar-refractivity contribution < 1.29 is 119 Å². The molecule has 10 aliphatic rings. The van der Waals surface area contributed by atoms with Crippen molar-refractivity contribution in [2.45, 2.75) is 625 Å². The van der Waals surface area contributed by atoms with Gasteiger partial charge in [0.15, 0.2) is 0 Å². The van der Waals surface area contributed by atoms with Gasteiger partial charge in [0, 0.05) is 154 Å². The van der Waals surface area contributed by atoms with Crippen LogP contribution < -0.4 is 20.4 Å². The van der Waals surface area contributed by atoms with Crippen LogP contribution in [0.1, 0.15) is 504 Å². The SMILES string of the molecule is C1CCC([PH+](C2CCCCC2)C2CCCC2)CC1.C1CCC([PH+](C2CCCCC2)C2CCCC2)CC1.CC(C)(C)[PH+](C1CCCC1)C(C)(C)C.CC(C)(C)[PH+](C1CCCC1)C(C)(C)C.CC(C)[PH+](C(C)C)C1CCCC1.CC(C)[PH+](C(C)C)C1CCCC1.CN(C)c1ccc([PH+](C(C)(C)C)C(C)(C)C)cc1.CN(C)c1ccc([PH+](C(C)(C)C)C(C)(C)C)cc1.[CH3-].[CH3-].[Cl][Pd+].[Cl][Pd+].[Cl][Pd][Cl].[Cl][Pd][Cl].[Fe].[Fe].[Fe]. The summed E-state index contributed by atoms with van der Waals surface area (Å²) < 4.78 is 0. The van der Waals surface area contributed by atoms with Crippen LogP contribution in [0.5, 0.6) is 0 Å². The molecule has 0 amide bonds. The van der Waals surface area contributed by atoms with Gasteiger partial charge in [0.2, 0.25) is 0 Å². The van der Waals surface area contributed by atoms with Gasteiger partial charge in [-0.25, -0.2) is 0 Å². The quantitative estimate of drug-likeness (QED) is 0.0834. The predicted octanol–water partition coefficient (Wildman–Crippen LogP) is 42.4. The monoisotopic (exact) mass is 2700 g/mol. The Morgan fingerprint density at radius 3 is 0.489 bits per heavy atom. The van der Waals surface area contributed by atoms with E-state index in [9.17, 15) is 0 Å². The van der Waals surface area contributed by atoms with Crippen molar-refractivity contribution in [3.05, 3.63) is 63.4 Å². The van der Waals surface area contributed by atoms with E-state index in [1.807, 2.05) is 0 Å². The molecule has 12 rings (SSSR count). The molecule has 0 radical (unpaired) electrons. The molecule has 139 heavy (non-hydrogen) atoms. The van der Waals surface area contributed by atoms with Crippen LogP contribution in [-0.4, -0.2) is 149 Å². The van der Waals surface area contributed by atoms with Gasteiger partial charge in [-0.3, -0.25) is 0 Å². The molecule has 10 saturated carbocycles. The maximum atomic E-state index is 4.81. The van der Waals surface area contributed by atoms with Crippen molar-refractivity contribution in [2.24, 2.45) is 0 Å². The second kappa shape index (κ2) is 81.1. The summed E-state index contributed by atoms with van der Waals surface area (Å²) in [6.07, 6.45) is 68.8. The first-order chi connectivity index (χ1) is 62.5. The molecule has 23 heteroatoms. The summed E-state index contributed by atoms with van der Waals surface area (Å²) in [4.78, 5) is 4.31. The molecule has 10 aliphatic carbocycles. The second-order valence-corrected chi connectivity index (χ2v) is 90.2. The topological polar surface area (TPSA) is 6.48 Å². The molecule has 0 heterocycles. The summed E-state index contributed by atoms with van der Waals surface area (Å²) in [5.41, 5.74) is 18.4. The number of halogens is 6. The Bertz CT molecular complexity index is 2840. The molecule has 0 N–H and O–H groups in total. The van der Waals surface area contributed by atoms with Gasteiger partial charge in [0.25, 0.3) is 0 Å². The average molecular weight is 2710 g/mol. The number of hydrogen-bond acceptors (Lipinski definition) is 2. The standard InChI is InChI=1S/2C17H31P.2C16H28NP.2C13H27P.2C11H23P.2CH3.6ClH.3Fe.4Pd/c2*1-3-9-15(10-4-1)18(17-13-7-8-14-17)16-11-5-2-6-12-16;2*1-15(2,3)18(16(4,5)6)14-11-9-13(10-12-14)17(7)8;2*1-12(2,3)14(13(4,5)6)11-9-7-8-10-11;2*1-9(2)12(10(3)4)11-7-5-6-8-11;;;;;;;;;;;;;;;/h2*15-17H,1-14H2;2*9-12H,1-8H3;2*11H,7-10H2,1-6H3;2*9-11H,5-8H2,1-4H3;2*1H3;6*1H;;;;;;;/q;;;;;;;;2*-1;;;;;;;;;;4*+2/p+2. The van der Waals surface area contributed by atoms with Crippen LogP contribution in [0.4, 0.5) is 11.4 Å². The first-order valence-electron chi connectivity index (χ1n) is 54.9. The second-order valence-electron chi connectivity index (χ2n) is 52.4. The maximum absolute atomic E-state index is 4.81. The molecule has 0 unspecified atom stereocenters. The van der Waals surface area contributed by atoms with Crippen LogP contribution in [0, 0.1) is 14.9 Å². The zero-order valence-corrected chi connectivity index (χ0v) is 119. The van der Waals surface area contributed by atoms with Crippen molar-refractivity contribution >= 4 is 143 Å². The summed E-state index contributed by atoms with van der Waals surface area (Å²) in [6.45, 7) is 77.6. The largest absolute Gasteiger partial charge is 0 e. The van der Waals surface area contributed by atoms with E-state index in [1.165, 1.54) is 122 Å². The Kier molecular flexibility index (Phi) is 90.3. The van der Waals surface area contributed by atoms with Crippen LogP contribution in [0.2, 0.25) is 0 Å². The molecule has 2 aromatic carbocycles. The molecule has 10 fully saturated rings. The Balaban J connectivity index is -0.000000485. The van der Waals surface area contributed by atoms with Crippen LogP contribution in [0.3, 0.4) is 0 Å². The third-order valence-electron chi connectivity index (χ3n) is 31.4. The van der Waals surface area contributed by atoms with E-state index < -0.39 is 15.8 Å². The van der Waals surface area contributed by atoms with Gasteiger partial charge in [-0.1, -0.05) is 25.7 Å². The molecule has 0 aliphatic heterocycles. The van der Waals surface area contributed by atoms with Crippen LogP contribution >= 0.6 is 121 Å². The van der Waals surface area contributed by atoms with E-state index in [4.69, 9.17) is 38.1 Å². The molecule has 0 atom stereocenters. The van der Waals surface area contributed by atoms with Crippen molar-refractivity contribution in [1.82, 2.24) is 0 Å². The van der Waals surface area contributed by atoms with Gasteiger partial charge in [-0.2, -0.15) is 0 Å². The minimum Gasteiger partial charge on any atom is 0 e. The zero-order chi connectivity index (χ0) is 102. The van der Waals surface area contributed by atoms with Gasteiger partial charge >= 0.3 is 125 Å². The molecule has 0 bridgehead atoms. The Morgan fingerprint density at radius 2 is 0.367 bits per heavy atom. The molecule has 2 nitrogen and oxygen atoms in total. The van der Waals surface area contributed by atoms with Gasteiger partial charge < -0.3 is 24.7 Å². The Labute approximate surface area is 976 Å². The van der Waals surface area contributed by atoms with Gasteiger partial charge in [-0.15, -0.1) is 0 Å². The van der Waals surface area contributed by atoms with Gasteiger partial charge in [0.1, 0.15) is 0 Å². The Hall–Kier alpha value is 7.43. The van der Waals surface area contributed by atoms with E-state index >= 15 is 0 Å². The van der Waals surface area contributed by atoms with Crippen LogP contribution in [-0.2, 0) is 119 Å². The summed E-state index contributed by atoms with van der Waals surface area (Å²) in [7, 11) is 34.7. The summed E-state index contributed by atoms with van der Waals surface area (Å²) in [5, 5.41) is 6.87. The minimum absolute atomic E-state index is 0. The Morgan fingerprint density at radius 1 is 0.237 bits per heavy atom. The normalized spacial score (nSPS) is 19.0. The number of rotatable bonds is 18. The number of nitrogens with zero attached hydrogens (tertiary/aromatic N) is 2. The first kappa shape index (κ1) is 155. The third kappa shape index (κ3) is 61.0. The fraction of sp³-hybridized carbons (Fsp3) is 0.879. The molecule has 0 saturated heterocycles.